The third kappa shape index (κ3) is 3.34. The van der Waals surface area contributed by atoms with E-state index in [2.05, 4.69) is 14.6 Å². The van der Waals surface area contributed by atoms with Crippen LogP contribution in [0.2, 0.25) is 0 Å². The number of allylic oxidation sites excluding steroid dienone is 1. The molecule has 7 heteroatoms. The highest BCUT2D eigenvalue weighted by molar-refractivity contribution is 5.91. The number of nitrogens with zero attached hydrogens (tertiary/aromatic N) is 4. The second-order valence-electron chi connectivity index (χ2n) is 7.98. The van der Waals surface area contributed by atoms with Crippen LogP contribution in [0.15, 0.2) is 59.0 Å². The quantitative estimate of drug-likeness (QED) is 0.622. The normalized spacial score (nSPS) is 19.2. The zero-order chi connectivity index (χ0) is 20.7. The molecule has 5 rings (SSSR count). The number of aromatic nitrogens is 2. The van der Waals surface area contributed by atoms with Crippen molar-refractivity contribution in [1.82, 2.24) is 15.0 Å². The number of rotatable bonds is 4. The van der Waals surface area contributed by atoms with Crippen LogP contribution in [0.3, 0.4) is 0 Å². The highest BCUT2D eigenvalue weighted by atomic mass is 19.1. The van der Waals surface area contributed by atoms with Crippen molar-refractivity contribution in [2.75, 3.05) is 13.1 Å². The minimum atomic E-state index is -0.337. The van der Waals surface area contributed by atoms with E-state index in [9.17, 15) is 9.18 Å². The molecule has 1 saturated heterocycles. The number of carbonyl (C=O) groups is 1. The lowest BCUT2D eigenvalue weighted by Gasteiger charge is -2.46. The monoisotopic (exact) mass is 407 g/mol. The smallest absolute Gasteiger partial charge is 0.249 e. The molecule has 2 aliphatic rings. The Morgan fingerprint density at radius 2 is 2.07 bits per heavy atom. The van der Waals surface area contributed by atoms with Crippen LogP contribution in [0.1, 0.15) is 26.2 Å². The minimum Gasteiger partial charge on any atom is -0.356 e. The van der Waals surface area contributed by atoms with Crippen LogP contribution in [0.5, 0.6) is 0 Å². The van der Waals surface area contributed by atoms with Gasteiger partial charge in [0.15, 0.2) is 24.5 Å². The van der Waals surface area contributed by atoms with Crippen LogP contribution in [-0.2, 0) is 11.3 Å². The summed E-state index contributed by atoms with van der Waals surface area (Å²) >= 11 is 0. The number of benzene rings is 1. The van der Waals surface area contributed by atoms with Crippen LogP contribution in [-0.4, -0.2) is 40.1 Å². The van der Waals surface area contributed by atoms with Gasteiger partial charge in [-0.3, -0.25) is 4.79 Å². The van der Waals surface area contributed by atoms with Crippen LogP contribution >= 0.6 is 0 Å². The van der Waals surface area contributed by atoms with E-state index in [-0.39, 0.29) is 17.9 Å². The van der Waals surface area contributed by atoms with Gasteiger partial charge in [-0.25, -0.2) is 8.96 Å². The molecule has 0 bridgehead atoms. The first-order chi connectivity index (χ1) is 14.6. The molecule has 2 aliphatic heterocycles. The van der Waals surface area contributed by atoms with Crippen molar-refractivity contribution in [2.45, 2.75) is 38.9 Å². The van der Waals surface area contributed by atoms with Gasteiger partial charge in [-0.1, -0.05) is 5.16 Å². The van der Waals surface area contributed by atoms with Gasteiger partial charge in [0.05, 0.1) is 6.54 Å². The van der Waals surface area contributed by atoms with E-state index in [1.807, 2.05) is 36.4 Å². The molecule has 1 amide bonds. The second-order valence-corrected chi connectivity index (χ2v) is 7.98. The summed E-state index contributed by atoms with van der Waals surface area (Å²) in [4.78, 5) is 16.7. The fourth-order valence-electron chi connectivity index (χ4n) is 4.51. The Balaban J connectivity index is 1.31. The Kier molecular flexibility index (Phi) is 4.73. The summed E-state index contributed by atoms with van der Waals surface area (Å²) in [5.74, 6) is -0.193. The van der Waals surface area contributed by atoms with E-state index in [1.165, 1.54) is 12.1 Å². The van der Waals surface area contributed by atoms with Gasteiger partial charge in [0.2, 0.25) is 5.91 Å². The number of hydrogen-bond donors (Lipinski definition) is 0. The number of piperidine rings is 1. The first-order valence-electron chi connectivity index (χ1n) is 10.4. The molecule has 4 heterocycles. The highest BCUT2D eigenvalue weighted by Gasteiger charge is 2.34. The van der Waals surface area contributed by atoms with Crippen LogP contribution in [0, 0.1) is 5.82 Å². The molecular weight excluding hydrogens is 383 g/mol. The van der Waals surface area contributed by atoms with Crippen molar-refractivity contribution < 1.29 is 18.3 Å². The lowest BCUT2D eigenvalue weighted by molar-refractivity contribution is -0.696. The Morgan fingerprint density at radius 3 is 2.90 bits per heavy atom. The molecule has 0 spiro atoms. The molecule has 1 aromatic carbocycles. The summed E-state index contributed by atoms with van der Waals surface area (Å²) in [6, 6.07) is 8.45. The zero-order valence-electron chi connectivity index (χ0n) is 16.9. The summed E-state index contributed by atoms with van der Waals surface area (Å²) in [5, 5.41) is 4.91. The standard InChI is InChI=1S/C23H24FN4O2/c1-16-14-22(29)28-9-3-2-4-21(28)27(16)13-12-26-10-7-17(8-11-26)23-19-6-5-18(24)15-20(19)30-25-23/h5-8,10-11,14-15,21H,2-4,9,12-13H2,1H3/q+1. The lowest BCUT2D eigenvalue weighted by Crippen LogP contribution is -2.56. The van der Waals surface area contributed by atoms with Crippen molar-refractivity contribution in [1.29, 1.82) is 0 Å². The van der Waals surface area contributed by atoms with Gasteiger partial charge in [0.1, 0.15) is 17.7 Å². The highest BCUT2D eigenvalue weighted by Crippen LogP contribution is 2.29. The first-order valence-corrected chi connectivity index (χ1v) is 10.4. The average molecular weight is 407 g/mol. The van der Waals surface area contributed by atoms with Crippen molar-refractivity contribution in [2.24, 2.45) is 0 Å². The molecule has 0 N–H and O–H groups in total. The maximum Gasteiger partial charge on any atom is 0.249 e. The second kappa shape index (κ2) is 7.55. The van der Waals surface area contributed by atoms with Gasteiger partial charge >= 0.3 is 0 Å². The molecule has 0 radical (unpaired) electrons. The molecule has 2 aromatic heterocycles. The Morgan fingerprint density at radius 1 is 1.23 bits per heavy atom. The van der Waals surface area contributed by atoms with Crippen molar-refractivity contribution in [3.8, 4) is 11.3 Å². The van der Waals surface area contributed by atoms with Gasteiger partial charge in [0.25, 0.3) is 0 Å². The minimum absolute atomic E-state index is 0.144. The van der Waals surface area contributed by atoms with Gasteiger partial charge in [0, 0.05) is 47.5 Å². The average Bonchev–Trinajstić information content (AvgIpc) is 3.17. The molecule has 1 fully saturated rings. The number of pyridine rings is 1. The van der Waals surface area contributed by atoms with E-state index in [0.29, 0.717) is 11.3 Å². The molecule has 3 aromatic rings. The molecule has 0 saturated carbocycles. The van der Waals surface area contributed by atoms with E-state index in [0.717, 1.165) is 55.5 Å². The van der Waals surface area contributed by atoms with Gasteiger partial charge in [-0.2, -0.15) is 0 Å². The molecule has 154 valence electrons. The van der Waals surface area contributed by atoms with Crippen LogP contribution in [0.4, 0.5) is 4.39 Å². The predicted octanol–water partition coefficient (Wildman–Crippen LogP) is 3.48. The third-order valence-electron chi connectivity index (χ3n) is 6.10. The number of halogens is 1. The fourth-order valence-corrected chi connectivity index (χ4v) is 4.51. The number of carbonyl (C=O) groups excluding carboxylic acids is 1. The number of hydrogen-bond acceptors (Lipinski definition) is 4. The maximum atomic E-state index is 13.4. The van der Waals surface area contributed by atoms with Crippen LogP contribution < -0.4 is 4.57 Å². The van der Waals surface area contributed by atoms with Crippen LogP contribution in [0.25, 0.3) is 22.2 Å². The Labute approximate surface area is 174 Å². The lowest BCUT2D eigenvalue weighted by atomic mass is 10.0. The molecular formula is C23H24FN4O2+. The van der Waals surface area contributed by atoms with Crippen molar-refractivity contribution in [3.63, 3.8) is 0 Å². The fraction of sp³-hybridized carbons (Fsp3) is 0.348. The van der Waals surface area contributed by atoms with Crippen molar-refractivity contribution >= 4 is 16.9 Å². The SMILES string of the molecule is CC1=CC(=O)N2CCCCC2N1CC[n+]1ccc(-c2noc3cc(F)ccc23)cc1. The van der Waals surface area contributed by atoms with Gasteiger partial charge in [-0.05, 0) is 38.3 Å². The summed E-state index contributed by atoms with van der Waals surface area (Å²) in [5.41, 5.74) is 3.13. The molecule has 1 atom stereocenters. The van der Waals surface area contributed by atoms with E-state index in [4.69, 9.17) is 4.52 Å². The van der Waals surface area contributed by atoms with Gasteiger partial charge < -0.3 is 14.3 Å². The van der Waals surface area contributed by atoms with Gasteiger partial charge in [-0.15, -0.1) is 0 Å². The third-order valence-corrected chi connectivity index (χ3v) is 6.10. The molecule has 1 unspecified atom stereocenters. The summed E-state index contributed by atoms with van der Waals surface area (Å²) < 4.78 is 20.8. The molecule has 30 heavy (non-hydrogen) atoms. The predicted molar refractivity (Wildman–Crippen MR) is 109 cm³/mol. The topological polar surface area (TPSA) is 53.5 Å². The largest absolute Gasteiger partial charge is 0.356 e. The number of fused-ring (bicyclic) bond motifs is 2. The summed E-state index contributed by atoms with van der Waals surface area (Å²) in [6.07, 6.45) is 9.25. The van der Waals surface area contributed by atoms with Crippen molar-refractivity contribution in [3.05, 3.63) is 60.3 Å². The zero-order valence-corrected chi connectivity index (χ0v) is 16.9. The molecule has 0 aliphatic carbocycles. The van der Waals surface area contributed by atoms with E-state index < -0.39 is 0 Å². The first kappa shape index (κ1) is 18.8. The molecule has 6 nitrogen and oxygen atoms in total. The number of amides is 1. The Bertz CT molecular complexity index is 1120. The Hall–Kier alpha value is -3.22. The maximum absolute atomic E-state index is 13.4. The van der Waals surface area contributed by atoms with E-state index >= 15 is 0 Å². The van der Waals surface area contributed by atoms with E-state index in [1.54, 1.807) is 12.1 Å². The summed E-state index contributed by atoms with van der Waals surface area (Å²) in [6.45, 7) is 4.53. The summed E-state index contributed by atoms with van der Waals surface area (Å²) in [7, 11) is 0.